The van der Waals surface area contributed by atoms with E-state index in [2.05, 4.69) is 21.0 Å². The zero-order chi connectivity index (χ0) is 12.5. The minimum atomic E-state index is 0.538. The molecule has 90 valence electrons. The molecule has 2 heterocycles. The van der Waals surface area contributed by atoms with Gasteiger partial charge in [-0.25, -0.2) is 9.97 Å². The van der Waals surface area contributed by atoms with Crippen LogP contribution in [0.3, 0.4) is 0 Å². The van der Waals surface area contributed by atoms with Crippen molar-refractivity contribution in [3.05, 3.63) is 42.4 Å². The van der Waals surface area contributed by atoms with Crippen molar-refractivity contribution < 1.29 is 4.74 Å². The monoisotopic (exact) mass is 239 g/mol. The molecule has 2 aromatic heterocycles. The first kappa shape index (κ1) is 10.8. The number of benzene rings is 1. The van der Waals surface area contributed by atoms with E-state index in [4.69, 9.17) is 4.74 Å². The Balaban J connectivity index is 2.20. The number of nitrogens with zero attached hydrogens (tertiary/aromatic N) is 2. The number of fused-ring (bicyclic) bond motifs is 1. The van der Waals surface area contributed by atoms with E-state index in [1.54, 1.807) is 13.3 Å². The summed E-state index contributed by atoms with van der Waals surface area (Å²) in [7, 11) is 1.59. The van der Waals surface area contributed by atoms with Gasteiger partial charge in [0, 0.05) is 22.7 Å². The summed E-state index contributed by atoms with van der Waals surface area (Å²) in [5, 5.41) is 1.15. The van der Waals surface area contributed by atoms with Crippen molar-refractivity contribution in [3.8, 4) is 17.1 Å². The zero-order valence-corrected chi connectivity index (χ0v) is 10.3. The van der Waals surface area contributed by atoms with Crippen LogP contribution in [0, 0.1) is 6.92 Å². The molecule has 3 aromatic rings. The van der Waals surface area contributed by atoms with Crippen LogP contribution in [0.5, 0.6) is 5.88 Å². The van der Waals surface area contributed by atoms with E-state index in [1.807, 2.05) is 31.3 Å². The lowest BCUT2D eigenvalue weighted by atomic mass is 10.1. The molecule has 0 aliphatic rings. The highest BCUT2D eigenvalue weighted by atomic mass is 16.5. The van der Waals surface area contributed by atoms with E-state index >= 15 is 0 Å². The fraction of sp³-hybridized carbons (Fsp3) is 0.143. The Labute approximate surface area is 105 Å². The Hall–Kier alpha value is -2.36. The van der Waals surface area contributed by atoms with Gasteiger partial charge in [0.1, 0.15) is 0 Å². The average molecular weight is 239 g/mol. The van der Waals surface area contributed by atoms with Crippen molar-refractivity contribution in [1.29, 1.82) is 0 Å². The van der Waals surface area contributed by atoms with E-state index in [-0.39, 0.29) is 0 Å². The number of nitrogens with one attached hydrogen (secondary N) is 1. The number of hydrogen-bond acceptors (Lipinski definition) is 3. The SMILES string of the molecule is COc1cnc(-c2c[nH]c3ccccc23)c(C)n1. The van der Waals surface area contributed by atoms with Crippen molar-refractivity contribution in [2.75, 3.05) is 7.11 Å². The first-order chi connectivity index (χ1) is 8.79. The van der Waals surface area contributed by atoms with Gasteiger partial charge in [0.25, 0.3) is 0 Å². The fourth-order valence-corrected chi connectivity index (χ4v) is 2.09. The number of ether oxygens (including phenoxy) is 1. The second-order valence-electron chi connectivity index (χ2n) is 4.09. The van der Waals surface area contributed by atoms with E-state index in [0.29, 0.717) is 5.88 Å². The summed E-state index contributed by atoms with van der Waals surface area (Å²) < 4.78 is 5.07. The predicted molar refractivity (Wildman–Crippen MR) is 70.6 cm³/mol. The standard InChI is InChI=1S/C14H13N3O/c1-9-14(16-8-13(17-9)18-2)11-7-15-12-6-4-3-5-10(11)12/h3-8,15H,1-2H3. The smallest absolute Gasteiger partial charge is 0.232 e. The number of aromatic nitrogens is 3. The van der Waals surface area contributed by atoms with E-state index in [9.17, 15) is 0 Å². The van der Waals surface area contributed by atoms with Crippen molar-refractivity contribution in [3.63, 3.8) is 0 Å². The Bertz CT molecular complexity index is 703. The third-order valence-electron chi connectivity index (χ3n) is 2.98. The molecule has 0 saturated heterocycles. The highest BCUT2D eigenvalue weighted by Gasteiger charge is 2.11. The van der Waals surface area contributed by atoms with Crippen LogP contribution < -0.4 is 4.74 Å². The highest BCUT2D eigenvalue weighted by molar-refractivity contribution is 5.94. The molecule has 4 nitrogen and oxygen atoms in total. The summed E-state index contributed by atoms with van der Waals surface area (Å²) in [5.74, 6) is 0.538. The van der Waals surface area contributed by atoms with Crippen LogP contribution in [0.25, 0.3) is 22.2 Å². The van der Waals surface area contributed by atoms with Crippen molar-refractivity contribution in [2.45, 2.75) is 6.92 Å². The lowest BCUT2D eigenvalue weighted by Crippen LogP contribution is -1.95. The lowest BCUT2D eigenvalue weighted by Gasteiger charge is -2.05. The molecule has 18 heavy (non-hydrogen) atoms. The molecular weight excluding hydrogens is 226 g/mol. The molecule has 0 unspecified atom stereocenters. The van der Waals surface area contributed by atoms with Gasteiger partial charge in [0.2, 0.25) is 5.88 Å². The maximum absolute atomic E-state index is 5.07. The first-order valence-electron chi connectivity index (χ1n) is 5.73. The molecule has 0 atom stereocenters. The number of aromatic amines is 1. The Kier molecular flexibility index (Phi) is 2.48. The molecule has 0 aliphatic carbocycles. The number of methoxy groups -OCH3 is 1. The van der Waals surface area contributed by atoms with Crippen LogP contribution in [0.15, 0.2) is 36.7 Å². The van der Waals surface area contributed by atoms with Crippen molar-refractivity contribution >= 4 is 10.9 Å². The van der Waals surface area contributed by atoms with Gasteiger partial charge in [-0.3, -0.25) is 0 Å². The van der Waals surface area contributed by atoms with Gasteiger partial charge in [0.05, 0.1) is 24.7 Å². The molecule has 0 spiro atoms. The number of rotatable bonds is 2. The van der Waals surface area contributed by atoms with Crippen LogP contribution in [-0.4, -0.2) is 22.1 Å². The van der Waals surface area contributed by atoms with Gasteiger partial charge in [-0.05, 0) is 13.0 Å². The van der Waals surface area contributed by atoms with Crippen LogP contribution in [0.1, 0.15) is 5.69 Å². The van der Waals surface area contributed by atoms with E-state index in [0.717, 1.165) is 27.9 Å². The van der Waals surface area contributed by atoms with Gasteiger partial charge in [-0.2, -0.15) is 0 Å². The summed E-state index contributed by atoms with van der Waals surface area (Å²) >= 11 is 0. The molecule has 0 radical (unpaired) electrons. The van der Waals surface area contributed by atoms with Gasteiger partial charge >= 0.3 is 0 Å². The molecule has 1 aromatic carbocycles. The average Bonchev–Trinajstić information content (AvgIpc) is 2.82. The first-order valence-corrected chi connectivity index (χ1v) is 5.73. The summed E-state index contributed by atoms with van der Waals surface area (Å²) in [6, 6.07) is 8.15. The maximum Gasteiger partial charge on any atom is 0.232 e. The van der Waals surface area contributed by atoms with Crippen molar-refractivity contribution in [2.24, 2.45) is 0 Å². The normalized spacial score (nSPS) is 10.8. The summed E-state index contributed by atoms with van der Waals surface area (Å²) in [6.07, 6.45) is 3.61. The highest BCUT2D eigenvalue weighted by Crippen LogP contribution is 2.29. The number of para-hydroxylation sites is 1. The van der Waals surface area contributed by atoms with E-state index in [1.165, 1.54) is 0 Å². The molecule has 0 amide bonds. The molecule has 4 heteroatoms. The van der Waals surface area contributed by atoms with Crippen LogP contribution >= 0.6 is 0 Å². The quantitative estimate of drug-likeness (QED) is 0.748. The molecule has 0 saturated carbocycles. The fourth-order valence-electron chi connectivity index (χ4n) is 2.09. The summed E-state index contributed by atoms with van der Waals surface area (Å²) in [5.41, 5.74) is 3.91. The largest absolute Gasteiger partial charge is 0.480 e. The molecule has 3 rings (SSSR count). The Morgan fingerprint density at radius 3 is 2.83 bits per heavy atom. The molecule has 1 N–H and O–H groups in total. The number of H-pyrrole nitrogens is 1. The van der Waals surface area contributed by atoms with E-state index < -0.39 is 0 Å². The lowest BCUT2D eigenvalue weighted by molar-refractivity contribution is 0.395. The minimum Gasteiger partial charge on any atom is -0.480 e. The third kappa shape index (κ3) is 1.62. The van der Waals surface area contributed by atoms with Gasteiger partial charge in [-0.15, -0.1) is 0 Å². The number of hydrogen-bond donors (Lipinski definition) is 1. The second kappa shape index (κ2) is 4.14. The van der Waals surface area contributed by atoms with Crippen LogP contribution in [0.2, 0.25) is 0 Å². The van der Waals surface area contributed by atoms with Gasteiger partial charge in [-0.1, -0.05) is 18.2 Å². The molecule has 0 aliphatic heterocycles. The maximum atomic E-state index is 5.07. The van der Waals surface area contributed by atoms with Gasteiger partial charge in [0.15, 0.2) is 0 Å². The number of aryl methyl sites for hydroxylation is 1. The Morgan fingerprint density at radius 1 is 1.22 bits per heavy atom. The summed E-state index contributed by atoms with van der Waals surface area (Å²) in [6.45, 7) is 1.94. The topological polar surface area (TPSA) is 50.8 Å². The van der Waals surface area contributed by atoms with Gasteiger partial charge < -0.3 is 9.72 Å². The second-order valence-corrected chi connectivity index (χ2v) is 4.09. The van der Waals surface area contributed by atoms with Crippen molar-refractivity contribution in [1.82, 2.24) is 15.0 Å². The molecule has 0 bridgehead atoms. The third-order valence-corrected chi connectivity index (χ3v) is 2.98. The predicted octanol–water partition coefficient (Wildman–Crippen LogP) is 2.94. The van der Waals surface area contributed by atoms with Crippen LogP contribution in [0.4, 0.5) is 0 Å². The zero-order valence-electron chi connectivity index (χ0n) is 10.3. The molecule has 0 fully saturated rings. The molecular formula is C14H13N3O. The summed E-state index contributed by atoms with van der Waals surface area (Å²) in [4.78, 5) is 12.0. The Morgan fingerprint density at radius 2 is 2.06 bits per heavy atom. The van der Waals surface area contributed by atoms with Crippen LogP contribution in [-0.2, 0) is 0 Å². The minimum absolute atomic E-state index is 0.538.